The number of pyridine rings is 1. The fourth-order valence-corrected chi connectivity index (χ4v) is 4.64. The fraction of sp³-hybridized carbons (Fsp3) is 0.222. The second-order valence-electron chi connectivity index (χ2n) is 6.45. The Morgan fingerprint density at radius 1 is 1.13 bits per heavy atom. The molecule has 31 heavy (non-hydrogen) atoms. The molecule has 13 heteroatoms. The SMILES string of the molecule is CCS(=O)(=O)c1ccc(-n2cncn2)nc1-c1nc2cc(SC(F)(F)F)ccc2n1C. The molecule has 0 aliphatic rings. The van der Waals surface area contributed by atoms with Crippen molar-refractivity contribution in [1.82, 2.24) is 29.3 Å². The number of fused-ring (bicyclic) bond motifs is 1. The highest BCUT2D eigenvalue weighted by molar-refractivity contribution is 8.00. The largest absolute Gasteiger partial charge is 0.446 e. The number of halogens is 3. The predicted octanol–water partition coefficient (Wildman–Crippen LogP) is 3.62. The van der Waals surface area contributed by atoms with E-state index in [-0.39, 0.29) is 38.8 Å². The van der Waals surface area contributed by atoms with Crippen LogP contribution in [0.25, 0.3) is 28.4 Å². The number of alkyl halides is 3. The van der Waals surface area contributed by atoms with Crippen molar-refractivity contribution in [2.75, 3.05) is 5.75 Å². The summed E-state index contributed by atoms with van der Waals surface area (Å²) in [6.07, 6.45) is 2.72. The van der Waals surface area contributed by atoms with Crippen molar-refractivity contribution in [1.29, 1.82) is 0 Å². The molecule has 0 unspecified atom stereocenters. The van der Waals surface area contributed by atoms with Crippen molar-refractivity contribution in [2.24, 2.45) is 7.05 Å². The quantitative estimate of drug-likeness (QED) is 0.413. The van der Waals surface area contributed by atoms with Gasteiger partial charge in [-0.15, -0.1) is 0 Å². The summed E-state index contributed by atoms with van der Waals surface area (Å²) in [5.74, 6) is 0.377. The Kier molecular flexibility index (Phi) is 5.25. The van der Waals surface area contributed by atoms with Gasteiger partial charge in [0, 0.05) is 11.9 Å². The van der Waals surface area contributed by atoms with Gasteiger partial charge in [-0.3, -0.25) is 0 Å². The highest BCUT2D eigenvalue weighted by Gasteiger charge is 2.30. The van der Waals surface area contributed by atoms with Crippen LogP contribution in [-0.2, 0) is 16.9 Å². The van der Waals surface area contributed by atoms with Crippen LogP contribution >= 0.6 is 11.8 Å². The third-order valence-corrected chi connectivity index (χ3v) is 6.99. The molecule has 0 radical (unpaired) electrons. The molecule has 0 fully saturated rings. The smallest absolute Gasteiger partial charge is 0.326 e. The van der Waals surface area contributed by atoms with Gasteiger partial charge in [0.15, 0.2) is 21.5 Å². The van der Waals surface area contributed by atoms with E-state index in [1.807, 2.05) is 0 Å². The average Bonchev–Trinajstić information content (AvgIpc) is 3.35. The van der Waals surface area contributed by atoms with E-state index in [2.05, 4.69) is 20.1 Å². The van der Waals surface area contributed by atoms with Gasteiger partial charge in [0.1, 0.15) is 18.3 Å². The number of benzene rings is 1. The third-order valence-electron chi connectivity index (χ3n) is 4.51. The Morgan fingerprint density at radius 2 is 1.90 bits per heavy atom. The minimum Gasteiger partial charge on any atom is -0.326 e. The van der Waals surface area contributed by atoms with Crippen molar-refractivity contribution in [3.05, 3.63) is 43.0 Å². The van der Waals surface area contributed by atoms with E-state index < -0.39 is 15.3 Å². The molecule has 0 N–H and O–H groups in total. The second kappa shape index (κ2) is 7.64. The van der Waals surface area contributed by atoms with Crippen LogP contribution in [-0.4, -0.2) is 49.0 Å². The Morgan fingerprint density at radius 3 is 2.55 bits per heavy atom. The lowest BCUT2D eigenvalue weighted by Crippen LogP contribution is -2.10. The maximum absolute atomic E-state index is 12.7. The van der Waals surface area contributed by atoms with Crippen LogP contribution in [0.3, 0.4) is 0 Å². The fourth-order valence-electron chi connectivity index (χ4n) is 3.05. The zero-order valence-corrected chi connectivity index (χ0v) is 17.8. The lowest BCUT2D eigenvalue weighted by molar-refractivity contribution is -0.0328. The molecule has 4 rings (SSSR count). The molecule has 4 aromatic rings. The number of aromatic nitrogens is 6. The lowest BCUT2D eigenvalue weighted by atomic mass is 10.3. The van der Waals surface area contributed by atoms with Crippen molar-refractivity contribution >= 4 is 32.6 Å². The number of nitrogens with zero attached hydrogens (tertiary/aromatic N) is 6. The first-order valence-electron chi connectivity index (χ1n) is 8.90. The van der Waals surface area contributed by atoms with E-state index >= 15 is 0 Å². The first kappa shape index (κ1) is 21.3. The van der Waals surface area contributed by atoms with Crippen LogP contribution < -0.4 is 0 Å². The molecule has 0 spiro atoms. The second-order valence-corrected chi connectivity index (χ2v) is 9.84. The molecule has 0 saturated carbocycles. The standard InChI is InChI=1S/C18H15F3N6O2S2/c1-3-31(28,29)14-6-7-15(27-10-22-9-23-27)25-16(14)17-24-12-8-11(30-18(19,20)21)4-5-13(12)26(17)2/h4-10H,3H2,1-2H3. The van der Waals surface area contributed by atoms with Gasteiger partial charge in [-0.2, -0.15) is 18.3 Å². The van der Waals surface area contributed by atoms with Gasteiger partial charge >= 0.3 is 5.51 Å². The zero-order chi connectivity index (χ0) is 22.4. The van der Waals surface area contributed by atoms with Gasteiger partial charge in [-0.05, 0) is 42.1 Å². The van der Waals surface area contributed by atoms with Gasteiger partial charge in [0.2, 0.25) is 0 Å². The molecule has 3 aromatic heterocycles. The Balaban J connectivity index is 1.93. The average molecular weight is 468 g/mol. The number of aryl methyl sites for hydroxylation is 1. The van der Waals surface area contributed by atoms with E-state index in [1.165, 1.54) is 54.6 Å². The van der Waals surface area contributed by atoms with Gasteiger partial charge in [0.25, 0.3) is 0 Å². The van der Waals surface area contributed by atoms with Crippen LogP contribution in [0.2, 0.25) is 0 Å². The molecule has 0 saturated heterocycles. The number of sulfone groups is 1. The first-order chi connectivity index (χ1) is 14.6. The Hall–Kier alpha value is -2.93. The maximum Gasteiger partial charge on any atom is 0.446 e. The molecule has 0 amide bonds. The summed E-state index contributed by atoms with van der Waals surface area (Å²) in [6, 6.07) is 7.08. The molecule has 0 aliphatic carbocycles. The van der Waals surface area contributed by atoms with Crippen LogP contribution in [0.5, 0.6) is 0 Å². The highest BCUT2D eigenvalue weighted by atomic mass is 32.2. The molecule has 0 atom stereocenters. The number of hydrogen-bond acceptors (Lipinski definition) is 7. The molecule has 0 bridgehead atoms. The molecule has 162 valence electrons. The summed E-state index contributed by atoms with van der Waals surface area (Å²) in [7, 11) is -2.02. The molecule has 8 nitrogen and oxygen atoms in total. The van der Waals surface area contributed by atoms with Gasteiger partial charge in [0.05, 0.1) is 21.7 Å². The van der Waals surface area contributed by atoms with Crippen LogP contribution in [0.4, 0.5) is 13.2 Å². The van der Waals surface area contributed by atoms with E-state index in [4.69, 9.17) is 0 Å². The van der Waals surface area contributed by atoms with E-state index in [1.54, 1.807) is 11.6 Å². The number of thioether (sulfide) groups is 1. The normalized spacial score (nSPS) is 12.5. The van der Waals surface area contributed by atoms with Gasteiger partial charge in [-0.1, -0.05) is 6.92 Å². The molecule has 0 aliphatic heterocycles. The molecule has 3 heterocycles. The van der Waals surface area contributed by atoms with E-state index in [0.717, 1.165) is 0 Å². The number of hydrogen-bond donors (Lipinski definition) is 0. The Bertz CT molecular complexity index is 1370. The van der Waals surface area contributed by atoms with Crippen LogP contribution in [0.15, 0.2) is 52.8 Å². The monoisotopic (exact) mass is 468 g/mol. The molecule has 1 aromatic carbocycles. The lowest BCUT2D eigenvalue weighted by Gasteiger charge is -2.11. The zero-order valence-electron chi connectivity index (χ0n) is 16.2. The van der Waals surface area contributed by atoms with Crippen LogP contribution in [0, 0.1) is 0 Å². The van der Waals surface area contributed by atoms with E-state index in [0.29, 0.717) is 16.9 Å². The Labute approximate surface area is 179 Å². The number of rotatable bonds is 5. The summed E-state index contributed by atoms with van der Waals surface area (Å²) in [5.41, 5.74) is -3.52. The predicted molar refractivity (Wildman–Crippen MR) is 109 cm³/mol. The minimum absolute atomic E-state index is 0.0182. The summed E-state index contributed by atoms with van der Waals surface area (Å²) < 4.78 is 66.6. The maximum atomic E-state index is 12.7. The third kappa shape index (κ3) is 4.14. The van der Waals surface area contributed by atoms with E-state index in [9.17, 15) is 21.6 Å². The summed E-state index contributed by atoms with van der Waals surface area (Å²) >= 11 is -0.241. The topological polar surface area (TPSA) is 95.6 Å². The van der Waals surface area contributed by atoms with Crippen molar-refractivity contribution in [2.45, 2.75) is 22.2 Å². The van der Waals surface area contributed by atoms with Crippen LogP contribution in [0.1, 0.15) is 6.92 Å². The highest BCUT2D eigenvalue weighted by Crippen LogP contribution is 2.38. The summed E-state index contributed by atoms with van der Waals surface area (Å²) in [4.78, 5) is 12.7. The van der Waals surface area contributed by atoms with Crippen molar-refractivity contribution in [3.63, 3.8) is 0 Å². The van der Waals surface area contributed by atoms with Crippen molar-refractivity contribution < 1.29 is 21.6 Å². The van der Waals surface area contributed by atoms with Crippen molar-refractivity contribution in [3.8, 4) is 17.3 Å². The summed E-state index contributed by atoms with van der Waals surface area (Å²) in [6.45, 7) is 1.51. The minimum atomic E-state index is -4.43. The number of imidazole rings is 1. The van der Waals surface area contributed by atoms with Gasteiger partial charge in [-0.25, -0.2) is 28.1 Å². The molecular weight excluding hydrogens is 453 g/mol. The first-order valence-corrected chi connectivity index (χ1v) is 11.4. The summed E-state index contributed by atoms with van der Waals surface area (Å²) in [5, 5.41) is 4.00. The molecular formula is C18H15F3N6O2S2. The van der Waals surface area contributed by atoms with Gasteiger partial charge < -0.3 is 4.57 Å².